The lowest BCUT2D eigenvalue weighted by Gasteiger charge is -2.41. The van der Waals surface area contributed by atoms with Crippen LogP contribution in [0.1, 0.15) is 60.3 Å². The Labute approximate surface area is 248 Å². The van der Waals surface area contributed by atoms with E-state index in [1.165, 1.54) is 0 Å². The van der Waals surface area contributed by atoms with E-state index in [9.17, 15) is 15.0 Å². The average molecular weight is 592 g/mol. The first-order chi connectivity index (χ1) is 18.5. The number of imidazole rings is 1. The Hall–Kier alpha value is -2.46. The van der Waals surface area contributed by atoms with Gasteiger partial charge in [0.25, 0.3) is 5.91 Å². The van der Waals surface area contributed by atoms with E-state index in [1.54, 1.807) is 13.4 Å². The van der Waals surface area contributed by atoms with Crippen LogP contribution in [-0.4, -0.2) is 75.6 Å². The van der Waals surface area contributed by atoms with E-state index < -0.39 is 11.7 Å². The van der Waals surface area contributed by atoms with Crippen molar-refractivity contribution in [3.63, 3.8) is 0 Å². The predicted molar refractivity (Wildman–Crippen MR) is 160 cm³/mol. The SMILES string of the molecule is COC[C@]1(O)CCCC[C@H]1n1cnc(C(=O)N2CCNC[C@H]2C[C@@H](O)c2ccccc2)c1-c1ccccc1.Cl.Cl. The summed E-state index contributed by atoms with van der Waals surface area (Å²) in [6.07, 6.45) is 4.81. The quantitative estimate of drug-likeness (QED) is 0.359. The second-order valence-corrected chi connectivity index (χ2v) is 10.5. The van der Waals surface area contributed by atoms with Crippen LogP contribution in [0.5, 0.6) is 0 Å². The summed E-state index contributed by atoms with van der Waals surface area (Å²) in [6, 6.07) is 19.0. The lowest BCUT2D eigenvalue weighted by atomic mass is 9.80. The zero-order valence-electron chi connectivity index (χ0n) is 22.8. The van der Waals surface area contributed by atoms with Crippen molar-refractivity contribution in [3.8, 4) is 11.3 Å². The van der Waals surface area contributed by atoms with Crippen LogP contribution in [0.4, 0.5) is 0 Å². The van der Waals surface area contributed by atoms with Crippen molar-refractivity contribution in [2.24, 2.45) is 0 Å². The highest BCUT2D eigenvalue weighted by molar-refractivity contribution is 5.98. The van der Waals surface area contributed by atoms with Gasteiger partial charge < -0.3 is 29.7 Å². The number of aromatic nitrogens is 2. The molecule has 2 aliphatic rings. The first kappa shape index (κ1) is 32.1. The molecule has 218 valence electrons. The van der Waals surface area contributed by atoms with Gasteiger partial charge in [-0.05, 0) is 24.8 Å². The lowest BCUT2D eigenvalue weighted by Crippen LogP contribution is -2.54. The van der Waals surface area contributed by atoms with Crippen molar-refractivity contribution in [2.75, 3.05) is 33.4 Å². The molecule has 10 heteroatoms. The molecule has 0 spiro atoms. The summed E-state index contributed by atoms with van der Waals surface area (Å²) in [7, 11) is 1.61. The molecule has 1 saturated carbocycles. The fourth-order valence-electron chi connectivity index (χ4n) is 6.10. The molecule has 0 radical (unpaired) electrons. The molecule has 2 aromatic carbocycles. The maximum absolute atomic E-state index is 14.2. The Bertz CT molecular complexity index is 1210. The summed E-state index contributed by atoms with van der Waals surface area (Å²) in [5.74, 6) is -0.152. The number of carbonyl (C=O) groups is 1. The number of methoxy groups -OCH3 is 1. The van der Waals surface area contributed by atoms with Crippen LogP contribution in [0.25, 0.3) is 11.3 Å². The lowest BCUT2D eigenvalue weighted by molar-refractivity contribution is -0.0893. The van der Waals surface area contributed by atoms with Gasteiger partial charge in [-0.2, -0.15) is 0 Å². The van der Waals surface area contributed by atoms with Crippen LogP contribution in [0.2, 0.25) is 0 Å². The maximum atomic E-state index is 14.2. The van der Waals surface area contributed by atoms with E-state index in [0.29, 0.717) is 38.2 Å². The monoisotopic (exact) mass is 590 g/mol. The largest absolute Gasteiger partial charge is 0.388 e. The van der Waals surface area contributed by atoms with Gasteiger partial charge in [-0.1, -0.05) is 73.5 Å². The number of hydrogen-bond donors (Lipinski definition) is 3. The highest BCUT2D eigenvalue weighted by atomic mass is 35.5. The second kappa shape index (κ2) is 14.4. The number of halogens is 2. The third-order valence-electron chi connectivity index (χ3n) is 8.02. The number of nitrogens with one attached hydrogen (secondary N) is 1. The number of ether oxygens (including phenoxy) is 1. The van der Waals surface area contributed by atoms with E-state index >= 15 is 0 Å². The maximum Gasteiger partial charge on any atom is 0.275 e. The van der Waals surface area contributed by atoms with Crippen molar-refractivity contribution in [2.45, 2.75) is 55.9 Å². The number of aliphatic hydroxyl groups is 2. The van der Waals surface area contributed by atoms with Gasteiger partial charge >= 0.3 is 0 Å². The molecule has 8 nitrogen and oxygen atoms in total. The standard InChI is InChI=1S/C30H38N4O4.2ClH/c1-38-20-30(37)15-9-8-14-26(30)34-21-32-27(28(34)23-12-6-3-7-13-23)29(36)33-17-16-31-19-24(33)18-25(35)22-10-4-2-5-11-22;;/h2-7,10-13,21,24-26,31,35,37H,8-9,14-20H2,1H3;2*1H/t24-,25-,26-,30-;;/m1../s1. The van der Waals surface area contributed by atoms with Crippen LogP contribution >= 0.6 is 24.8 Å². The van der Waals surface area contributed by atoms with Gasteiger partial charge in [0.05, 0.1) is 30.8 Å². The Morgan fingerprint density at radius 3 is 2.52 bits per heavy atom. The van der Waals surface area contributed by atoms with Gasteiger partial charge in [-0.15, -0.1) is 24.8 Å². The van der Waals surface area contributed by atoms with Crippen LogP contribution in [0, 0.1) is 0 Å². The second-order valence-electron chi connectivity index (χ2n) is 10.5. The molecular formula is C30H40Cl2N4O4. The molecule has 2 heterocycles. The van der Waals surface area contributed by atoms with Gasteiger partial charge in [0.2, 0.25) is 0 Å². The number of carbonyl (C=O) groups excluding carboxylic acids is 1. The van der Waals surface area contributed by atoms with Crippen LogP contribution in [0.15, 0.2) is 67.0 Å². The minimum Gasteiger partial charge on any atom is -0.388 e. The highest BCUT2D eigenvalue weighted by Gasteiger charge is 2.42. The van der Waals surface area contributed by atoms with Crippen LogP contribution in [-0.2, 0) is 4.74 Å². The topological polar surface area (TPSA) is 99.8 Å². The summed E-state index contributed by atoms with van der Waals surface area (Å²) >= 11 is 0. The van der Waals surface area contributed by atoms with Gasteiger partial charge in [0, 0.05) is 38.3 Å². The highest BCUT2D eigenvalue weighted by Crippen LogP contribution is 2.41. The molecule has 3 aromatic rings. The van der Waals surface area contributed by atoms with E-state index in [0.717, 1.165) is 36.1 Å². The van der Waals surface area contributed by atoms with Crippen molar-refractivity contribution >= 4 is 30.7 Å². The van der Waals surface area contributed by atoms with Gasteiger partial charge in [0.15, 0.2) is 5.69 Å². The molecule has 1 aliphatic carbocycles. The zero-order chi connectivity index (χ0) is 26.5. The molecule has 0 bridgehead atoms. The predicted octanol–water partition coefficient (Wildman–Crippen LogP) is 4.42. The van der Waals surface area contributed by atoms with E-state index in [1.807, 2.05) is 70.1 Å². The Morgan fingerprint density at radius 2 is 1.82 bits per heavy atom. The molecule has 2 fully saturated rings. The number of nitrogens with zero attached hydrogens (tertiary/aromatic N) is 3. The van der Waals surface area contributed by atoms with E-state index in [4.69, 9.17) is 4.74 Å². The molecule has 1 aliphatic heterocycles. The van der Waals surface area contributed by atoms with Crippen molar-refractivity contribution < 1.29 is 19.7 Å². The van der Waals surface area contributed by atoms with Crippen LogP contribution in [0.3, 0.4) is 0 Å². The molecule has 1 saturated heterocycles. The zero-order valence-corrected chi connectivity index (χ0v) is 24.4. The molecule has 40 heavy (non-hydrogen) atoms. The molecular weight excluding hydrogens is 551 g/mol. The first-order valence-corrected chi connectivity index (χ1v) is 13.6. The molecule has 4 atom stereocenters. The molecule has 1 amide bonds. The summed E-state index contributed by atoms with van der Waals surface area (Å²) in [4.78, 5) is 20.7. The first-order valence-electron chi connectivity index (χ1n) is 13.6. The number of benzene rings is 2. The van der Waals surface area contributed by atoms with Crippen molar-refractivity contribution in [3.05, 3.63) is 78.2 Å². The fourth-order valence-corrected chi connectivity index (χ4v) is 6.10. The summed E-state index contributed by atoms with van der Waals surface area (Å²) < 4.78 is 7.43. The molecule has 0 unspecified atom stereocenters. The number of hydrogen-bond acceptors (Lipinski definition) is 6. The third-order valence-corrected chi connectivity index (χ3v) is 8.02. The Balaban J connectivity index is 0.00000220. The summed E-state index contributed by atoms with van der Waals surface area (Å²) in [5.41, 5.74) is 1.79. The summed E-state index contributed by atoms with van der Waals surface area (Å²) in [5, 5.41) is 25.9. The van der Waals surface area contributed by atoms with E-state index in [2.05, 4.69) is 10.3 Å². The molecule has 3 N–H and O–H groups in total. The van der Waals surface area contributed by atoms with Crippen LogP contribution < -0.4 is 5.32 Å². The normalized spacial score (nSPS) is 23.5. The molecule has 5 rings (SSSR count). The van der Waals surface area contributed by atoms with E-state index in [-0.39, 0.29) is 49.4 Å². The third kappa shape index (κ3) is 6.70. The van der Waals surface area contributed by atoms with Gasteiger partial charge in [-0.25, -0.2) is 4.98 Å². The van der Waals surface area contributed by atoms with Crippen molar-refractivity contribution in [1.29, 1.82) is 0 Å². The average Bonchev–Trinajstić information content (AvgIpc) is 3.39. The minimum atomic E-state index is -1.03. The number of amides is 1. The smallest absolute Gasteiger partial charge is 0.275 e. The van der Waals surface area contributed by atoms with Gasteiger partial charge in [0.1, 0.15) is 5.60 Å². The van der Waals surface area contributed by atoms with Crippen molar-refractivity contribution in [1.82, 2.24) is 19.8 Å². The molecule has 1 aromatic heterocycles. The Kier molecular flexibility index (Phi) is 11.6. The number of aliphatic hydroxyl groups excluding tert-OH is 1. The fraction of sp³-hybridized carbons (Fsp3) is 0.467. The Morgan fingerprint density at radius 1 is 1.12 bits per heavy atom. The van der Waals surface area contributed by atoms with Gasteiger partial charge in [-0.3, -0.25) is 4.79 Å². The number of piperazine rings is 1. The summed E-state index contributed by atoms with van der Waals surface area (Å²) in [6.45, 7) is 2.04. The number of rotatable bonds is 8. The minimum absolute atomic E-state index is 0.